The number of carbonyl (C=O) groups excluding carboxylic acids is 1. The first-order chi connectivity index (χ1) is 6.08. The number of hydrogen-bond acceptors (Lipinski definition) is 3. The number of alkyl halides is 1. The molecule has 0 heterocycles. The molecule has 0 radical (unpaired) electrons. The first-order valence-corrected chi connectivity index (χ1v) is 5.74. The Bertz CT molecular complexity index is 200. The molecule has 0 aromatic carbocycles. The van der Waals surface area contributed by atoms with Gasteiger partial charge in [-0.25, -0.2) is 9.18 Å². The Balaban J connectivity index is 2.57. The molecule has 0 aromatic rings. The molecule has 1 saturated carbocycles. The van der Waals surface area contributed by atoms with Gasteiger partial charge >= 0.3 is 5.97 Å². The van der Waals surface area contributed by atoms with Crippen molar-refractivity contribution < 1.29 is 18.8 Å². The summed E-state index contributed by atoms with van der Waals surface area (Å²) in [5.41, 5.74) is -1.94. The van der Waals surface area contributed by atoms with Crippen LogP contribution in [0.4, 0.5) is 4.39 Å². The van der Waals surface area contributed by atoms with Gasteiger partial charge in [-0.3, -0.25) is 0 Å². The van der Waals surface area contributed by atoms with Gasteiger partial charge in [-0.15, -0.1) is 0 Å². The molecule has 1 rings (SSSR count). The van der Waals surface area contributed by atoms with E-state index in [4.69, 9.17) is 0 Å². The average molecular weight is 208 g/mol. The minimum atomic E-state index is -1.94. The summed E-state index contributed by atoms with van der Waals surface area (Å²) in [5.74, 6) is -0.813. The summed E-state index contributed by atoms with van der Waals surface area (Å²) in [6.07, 6.45) is 0.475. The second-order valence-corrected chi connectivity index (χ2v) is 3.92. The van der Waals surface area contributed by atoms with Gasteiger partial charge in [-0.05, 0) is 25.9 Å². The molecule has 0 amide bonds. The molecule has 0 saturated heterocycles. The highest BCUT2D eigenvalue weighted by Crippen LogP contribution is 2.34. The van der Waals surface area contributed by atoms with Crippen LogP contribution in [0.15, 0.2) is 0 Å². The second kappa shape index (κ2) is 4.34. The van der Waals surface area contributed by atoms with Crippen LogP contribution in [0.3, 0.4) is 0 Å². The molecular formula is C8H14FO3P. The van der Waals surface area contributed by atoms with Gasteiger partial charge in [-0.1, -0.05) is 0 Å². The van der Waals surface area contributed by atoms with Gasteiger partial charge in [0.2, 0.25) is 5.67 Å². The molecule has 0 spiro atoms. The maximum absolute atomic E-state index is 13.8. The second-order valence-electron chi connectivity index (χ2n) is 3.31. The van der Waals surface area contributed by atoms with Crippen molar-refractivity contribution in [2.24, 2.45) is 0 Å². The summed E-state index contributed by atoms with van der Waals surface area (Å²) in [6, 6.07) is 0. The van der Waals surface area contributed by atoms with Crippen LogP contribution in [0.25, 0.3) is 0 Å². The topological polar surface area (TPSA) is 46.5 Å². The lowest BCUT2D eigenvalue weighted by Gasteiger charge is -2.29. The summed E-state index contributed by atoms with van der Waals surface area (Å²) in [4.78, 5) is 11.2. The van der Waals surface area contributed by atoms with E-state index < -0.39 is 17.7 Å². The first-order valence-electron chi connectivity index (χ1n) is 4.33. The van der Waals surface area contributed by atoms with Crippen LogP contribution >= 0.6 is 8.81 Å². The fraction of sp³-hybridized carbons (Fsp3) is 0.875. The molecule has 0 aromatic heterocycles. The van der Waals surface area contributed by atoms with Crippen LogP contribution in [0.1, 0.15) is 25.7 Å². The SMILES string of the molecule is CPOC(=O)[C@@]1(F)CCC[C@@H](O)C1. The number of carbonyl (C=O) groups is 1. The van der Waals surface area contributed by atoms with E-state index in [1.54, 1.807) is 6.66 Å². The van der Waals surface area contributed by atoms with Crippen molar-refractivity contribution in [3.63, 3.8) is 0 Å². The predicted octanol–water partition coefficient (Wildman–Crippen LogP) is 1.40. The maximum atomic E-state index is 13.8. The highest BCUT2D eigenvalue weighted by molar-refractivity contribution is 7.31. The Morgan fingerprint density at radius 3 is 3.00 bits per heavy atom. The van der Waals surface area contributed by atoms with E-state index in [-0.39, 0.29) is 21.6 Å². The number of rotatable bonds is 2. The Morgan fingerprint density at radius 2 is 2.46 bits per heavy atom. The molecule has 5 heteroatoms. The van der Waals surface area contributed by atoms with Crippen molar-refractivity contribution in [3.8, 4) is 0 Å². The van der Waals surface area contributed by atoms with E-state index in [0.717, 1.165) is 0 Å². The third-order valence-electron chi connectivity index (χ3n) is 2.23. The minimum Gasteiger partial charge on any atom is -0.446 e. The smallest absolute Gasteiger partial charge is 0.346 e. The predicted molar refractivity (Wildman–Crippen MR) is 48.6 cm³/mol. The number of hydrogen-bond donors (Lipinski definition) is 1. The van der Waals surface area contributed by atoms with E-state index in [1.807, 2.05) is 0 Å². The standard InChI is InChI=1S/C8H14FO3P/c1-13-12-7(11)8(9)4-2-3-6(10)5-8/h6,10,13H,2-5H2,1H3/t6-,8-/m1/s1. The molecule has 76 valence electrons. The van der Waals surface area contributed by atoms with Gasteiger partial charge in [0.15, 0.2) is 0 Å². The van der Waals surface area contributed by atoms with Crippen LogP contribution in [-0.4, -0.2) is 29.5 Å². The third-order valence-corrected chi connectivity index (χ3v) is 2.62. The van der Waals surface area contributed by atoms with Crippen molar-refractivity contribution in [2.45, 2.75) is 37.5 Å². The van der Waals surface area contributed by atoms with Crippen LogP contribution in [0.2, 0.25) is 0 Å². The molecule has 1 aliphatic rings. The largest absolute Gasteiger partial charge is 0.446 e. The lowest BCUT2D eigenvalue weighted by atomic mass is 9.85. The van der Waals surface area contributed by atoms with Gasteiger partial charge in [-0.2, -0.15) is 0 Å². The summed E-state index contributed by atoms with van der Waals surface area (Å²) in [5, 5.41) is 9.22. The first kappa shape index (κ1) is 10.9. The molecule has 3 atom stereocenters. The molecule has 1 N–H and O–H groups in total. The van der Waals surface area contributed by atoms with Crippen molar-refractivity contribution in [3.05, 3.63) is 0 Å². The van der Waals surface area contributed by atoms with E-state index >= 15 is 0 Å². The average Bonchev–Trinajstić information content (AvgIpc) is 2.04. The van der Waals surface area contributed by atoms with Crippen molar-refractivity contribution in [1.29, 1.82) is 0 Å². The fourth-order valence-electron chi connectivity index (χ4n) is 1.57. The van der Waals surface area contributed by atoms with Gasteiger partial charge in [0.25, 0.3) is 0 Å². The van der Waals surface area contributed by atoms with Crippen LogP contribution < -0.4 is 0 Å². The maximum Gasteiger partial charge on any atom is 0.346 e. The quantitative estimate of drug-likeness (QED) is 0.697. The van der Waals surface area contributed by atoms with E-state index in [2.05, 4.69) is 4.52 Å². The number of halogens is 1. The fourth-order valence-corrected chi connectivity index (χ4v) is 1.93. The Labute approximate surface area is 78.5 Å². The molecule has 0 aliphatic heterocycles. The van der Waals surface area contributed by atoms with Crippen molar-refractivity contribution >= 4 is 14.8 Å². The van der Waals surface area contributed by atoms with Crippen molar-refractivity contribution in [2.75, 3.05) is 6.66 Å². The van der Waals surface area contributed by atoms with E-state index in [0.29, 0.717) is 12.8 Å². The molecule has 13 heavy (non-hydrogen) atoms. The van der Waals surface area contributed by atoms with Gasteiger partial charge < -0.3 is 9.63 Å². The normalized spacial score (nSPS) is 35.2. The zero-order valence-electron chi connectivity index (χ0n) is 7.55. The molecule has 0 bridgehead atoms. The van der Waals surface area contributed by atoms with Crippen LogP contribution in [0.5, 0.6) is 0 Å². The Kier molecular flexibility index (Phi) is 3.63. The number of aliphatic hydroxyl groups is 1. The monoisotopic (exact) mass is 208 g/mol. The lowest BCUT2D eigenvalue weighted by molar-refractivity contribution is -0.151. The summed E-state index contributed by atoms with van der Waals surface area (Å²) < 4.78 is 18.4. The van der Waals surface area contributed by atoms with Crippen LogP contribution in [0, 0.1) is 0 Å². The lowest BCUT2D eigenvalue weighted by Crippen LogP contribution is -2.41. The van der Waals surface area contributed by atoms with Gasteiger partial charge in [0.1, 0.15) is 0 Å². The summed E-state index contributed by atoms with van der Waals surface area (Å²) >= 11 is 0. The minimum absolute atomic E-state index is 0.0358. The Hall–Kier alpha value is -0.210. The Morgan fingerprint density at radius 1 is 1.77 bits per heavy atom. The zero-order chi connectivity index (χ0) is 9.90. The molecular weight excluding hydrogens is 194 g/mol. The van der Waals surface area contributed by atoms with Crippen LogP contribution in [-0.2, 0) is 9.32 Å². The molecule has 1 unspecified atom stereocenters. The molecule has 1 fully saturated rings. The van der Waals surface area contributed by atoms with E-state index in [1.165, 1.54) is 0 Å². The molecule has 1 aliphatic carbocycles. The summed E-state index contributed by atoms with van der Waals surface area (Å²) in [6.45, 7) is 1.67. The molecule has 3 nitrogen and oxygen atoms in total. The van der Waals surface area contributed by atoms with Gasteiger partial charge in [0, 0.05) is 6.42 Å². The highest BCUT2D eigenvalue weighted by Gasteiger charge is 2.44. The number of aliphatic hydroxyl groups excluding tert-OH is 1. The zero-order valence-corrected chi connectivity index (χ0v) is 8.55. The van der Waals surface area contributed by atoms with Gasteiger partial charge in [0.05, 0.1) is 14.9 Å². The van der Waals surface area contributed by atoms with Crippen molar-refractivity contribution in [1.82, 2.24) is 0 Å². The highest BCUT2D eigenvalue weighted by atomic mass is 31.1. The summed E-state index contributed by atoms with van der Waals surface area (Å²) in [7, 11) is -0.0358. The third kappa shape index (κ3) is 2.61. The van der Waals surface area contributed by atoms with E-state index in [9.17, 15) is 14.3 Å².